The molecule has 1 rings (SSSR count). The zero-order chi connectivity index (χ0) is 16.3. The van der Waals surface area contributed by atoms with E-state index in [1.807, 2.05) is 4.72 Å². The number of anilines is 1. The summed E-state index contributed by atoms with van der Waals surface area (Å²) >= 11 is -0.356. The molecule has 0 spiro atoms. The number of benzene rings is 1. The standard InChI is InChI=1S/C10H11F3N2O4S2/c11-10(12,13)20-4-3-15-21(18,19)8-2-1-6(9(16)17)5-7(8)14/h1-2,5,15H,3-4,14H2,(H,16,17). The van der Waals surface area contributed by atoms with Crippen LogP contribution in [0, 0.1) is 0 Å². The molecular weight excluding hydrogens is 333 g/mol. The minimum Gasteiger partial charge on any atom is -0.478 e. The van der Waals surface area contributed by atoms with E-state index < -0.39 is 33.8 Å². The van der Waals surface area contributed by atoms with Crippen LogP contribution in [0.4, 0.5) is 18.9 Å². The van der Waals surface area contributed by atoms with Gasteiger partial charge in [-0.2, -0.15) is 13.2 Å². The summed E-state index contributed by atoms with van der Waals surface area (Å²) in [6.45, 7) is -0.438. The normalized spacial score (nSPS) is 12.3. The number of halogens is 3. The molecule has 0 bridgehead atoms. The molecular formula is C10H11F3N2O4S2. The van der Waals surface area contributed by atoms with Gasteiger partial charge < -0.3 is 10.8 Å². The van der Waals surface area contributed by atoms with Crippen LogP contribution >= 0.6 is 11.8 Å². The number of carboxylic acid groups (broad SMARTS) is 1. The summed E-state index contributed by atoms with van der Waals surface area (Å²) in [5, 5.41) is 8.72. The number of alkyl halides is 3. The number of aromatic carboxylic acids is 1. The Kier molecular flexibility index (Phi) is 5.48. The number of sulfonamides is 1. The van der Waals surface area contributed by atoms with Gasteiger partial charge in [0.15, 0.2) is 0 Å². The van der Waals surface area contributed by atoms with Gasteiger partial charge in [0.05, 0.1) is 11.3 Å². The SMILES string of the molecule is Nc1cc(C(=O)O)ccc1S(=O)(=O)NCCSC(F)(F)F. The lowest BCUT2D eigenvalue weighted by Gasteiger charge is -2.10. The Hall–Kier alpha value is -1.46. The summed E-state index contributed by atoms with van der Waals surface area (Å²) in [6, 6.07) is 2.98. The molecule has 0 aliphatic carbocycles. The Morgan fingerprint density at radius 2 is 2.00 bits per heavy atom. The van der Waals surface area contributed by atoms with Gasteiger partial charge in [-0.05, 0) is 30.0 Å². The first-order chi connectivity index (χ1) is 9.53. The van der Waals surface area contributed by atoms with E-state index in [4.69, 9.17) is 10.8 Å². The van der Waals surface area contributed by atoms with Gasteiger partial charge in [0.2, 0.25) is 10.0 Å². The lowest BCUT2D eigenvalue weighted by molar-refractivity contribution is -0.0327. The quantitative estimate of drug-likeness (QED) is 0.533. The molecule has 1 aromatic rings. The fraction of sp³-hybridized carbons (Fsp3) is 0.300. The van der Waals surface area contributed by atoms with Crippen molar-refractivity contribution < 1.29 is 31.5 Å². The number of carbonyl (C=O) groups is 1. The zero-order valence-corrected chi connectivity index (χ0v) is 12.0. The maximum atomic E-state index is 11.9. The Balaban J connectivity index is 2.77. The van der Waals surface area contributed by atoms with E-state index in [9.17, 15) is 26.4 Å². The molecule has 0 saturated heterocycles. The van der Waals surface area contributed by atoms with Crippen molar-refractivity contribution in [2.24, 2.45) is 0 Å². The molecule has 4 N–H and O–H groups in total. The molecule has 1 aromatic carbocycles. The summed E-state index contributed by atoms with van der Waals surface area (Å²) in [4.78, 5) is 10.3. The molecule has 0 aliphatic rings. The van der Waals surface area contributed by atoms with Crippen molar-refractivity contribution in [1.29, 1.82) is 0 Å². The molecule has 0 saturated carbocycles. The summed E-state index contributed by atoms with van der Waals surface area (Å²) in [5.41, 5.74) is 0.519. The minimum absolute atomic E-state index is 0.195. The molecule has 0 heterocycles. The van der Waals surface area contributed by atoms with Gasteiger partial charge in [0.1, 0.15) is 4.90 Å². The van der Waals surface area contributed by atoms with E-state index in [-0.39, 0.29) is 27.9 Å². The molecule has 6 nitrogen and oxygen atoms in total. The predicted octanol–water partition coefficient (Wildman–Crippen LogP) is 1.50. The van der Waals surface area contributed by atoms with Crippen molar-refractivity contribution in [3.05, 3.63) is 23.8 Å². The van der Waals surface area contributed by atoms with E-state index >= 15 is 0 Å². The first-order valence-corrected chi connectivity index (χ1v) is 7.83. The Morgan fingerprint density at radius 1 is 1.38 bits per heavy atom. The number of nitrogens with two attached hydrogens (primary N) is 1. The van der Waals surface area contributed by atoms with Gasteiger partial charge in [-0.15, -0.1) is 0 Å². The number of hydrogen-bond acceptors (Lipinski definition) is 5. The fourth-order valence-electron chi connectivity index (χ4n) is 1.35. The van der Waals surface area contributed by atoms with Crippen molar-refractivity contribution in [3.63, 3.8) is 0 Å². The number of carboxylic acids is 1. The highest BCUT2D eigenvalue weighted by molar-refractivity contribution is 8.00. The third-order valence-electron chi connectivity index (χ3n) is 2.21. The van der Waals surface area contributed by atoms with Crippen molar-refractivity contribution >= 4 is 33.4 Å². The van der Waals surface area contributed by atoms with E-state index in [1.54, 1.807) is 0 Å². The van der Waals surface area contributed by atoms with Crippen LogP contribution in [0.15, 0.2) is 23.1 Å². The topological polar surface area (TPSA) is 109 Å². The highest BCUT2D eigenvalue weighted by atomic mass is 32.2. The molecule has 11 heteroatoms. The molecule has 0 fully saturated rings. The van der Waals surface area contributed by atoms with Gasteiger partial charge in [-0.1, -0.05) is 0 Å². The maximum absolute atomic E-state index is 11.9. The molecule has 0 radical (unpaired) electrons. The third-order valence-corrected chi connectivity index (χ3v) is 4.48. The average Bonchev–Trinajstić information content (AvgIpc) is 2.33. The number of thioether (sulfide) groups is 1. The van der Waals surface area contributed by atoms with Crippen LogP contribution in [0.1, 0.15) is 10.4 Å². The van der Waals surface area contributed by atoms with Crippen LogP contribution in [0.2, 0.25) is 0 Å². The molecule has 0 amide bonds. The summed E-state index contributed by atoms with van der Waals surface area (Å²) in [6.07, 6.45) is 0. The summed E-state index contributed by atoms with van der Waals surface area (Å²) < 4.78 is 61.3. The van der Waals surface area contributed by atoms with Crippen LogP contribution in [0.3, 0.4) is 0 Å². The zero-order valence-electron chi connectivity index (χ0n) is 10.3. The average molecular weight is 344 g/mol. The Morgan fingerprint density at radius 3 is 2.48 bits per heavy atom. The first kappa shape index (κ1) is 17.6. The summed E-state index contributed by atoms with van der Waals surface area (Å²) in [7, 11) is -4.10. The van der Waals surface area contributed by atoms with Crippen LogP contribution in [-0.4, -0.2) is 37.3 Å². The largest absolute Gasteiger partial charge is 0.478 e. The highest BCUT2D eigenvalue weighted by Gasteiger charge is 2.28. The van der Waals surface area contributed by atoms with Crippen LogP contribution in [0.25, 0.3) is 0 Å². The lowest BCUT2D eigenvalue weighted by atomic mass is 10.2. The third kappa shape index (κ3) is 5.44. The molecule has 118 valence electrons. The smallest absolute Gasteiger partial charge is 0.441 e. The molecule has 0 aromatic heterocycles. The van der Waals surface area contributed by atoms with Crippen LogP contribution in [-0.2, 0) is 10.0 Å². The van der Waals surface area contributed by atoms with E-state index in [0.717, 1.165) is 18.2 Å². The van der Waals surface area contributed by atoms with Crippen LogP contribution in [0.5, 0.6) is 0 Å². The fourth-order valence-corrected chi connectivity index (χ4v) is 3.05. The minimum atomic E-state index is -4.44. The molecule has 21 heavy (non-hydrogen) atoms. The van der Waals surface area contributed by atoms with E-state index in [2.05, 4.69) is 0 Å². The van der Waals surface area contributed by atoms with Gasteiger partial charge in [0.25, 0.3) is 0 Å². The van der Waals surface area contributed by atoms with E-state index in [1.165, 1.54) is 0 Å². The molecule has 0 atom stereocenters. The second kappa shape index (κ2) is 6.54. The molecule has 0 unspecified atom stereocenters. The van der Waals surface area contributed by atoms with E-state index in [0.29, 0.717) is 0 Å². The van der Waals surface area contributed by atoms with Gasteiger partial charge >= 0.3 is 11.5 Å². The Labute approximate surface area is 122 Å². The Bertz CT molecular complexity index is 632. The monoisotopic (exact) mass is 344 g/mol. The van der Waals surface area contributed by atoms with Gasteiger partial charge in [-0.25, -0.2) is 17.9 Å². The van der Waals surface area contributed by atoms with Crippen molar-refractivity contribution in [3.8, 4) is 0 Å². The highest BCUT2D eigenvalue weighted by Crippen LogP contribution is 2.29. The number of nitrogens with one attached hydrogen (secondary N) is 1. The second-order valence-electron chi connectivity index (χ2n) is 3.75. The maximum Gasteiger partial charge on any atom is 0.441 e. The number of rotatable bonds is 6. The van der Waals surface area contributed by atoms with Gasteiger partial charge in [0, 0.05) is 12.3 Å². The lowest BCUT2D eigenvalue weighted by Crippen LogP contribution is -2.27. The van der Waals surface area contributed by atoms with Crippen molar-refractivity contribution in [1.82, 2.24) is 4.72 Å². The second-order valence-corrected chi connectivity index (χ2v) is 6.64. The first-order valence-electron chi connectivity index (χ1n) is 5.36. The molecule has 0 aliphatic heterocycles. The van der Waals surface area contributed by atoms with Crippen molar-refractivity contribution in [2.75, 3.05) is 18.0 Å². The predicted molar refractivity (Wildman–Crippen MR) is 71.5 cm³/mol. The number of hydrogen-bond donors (Lipinski definition) is 3. The van der Waals surface area contributed by atoms with Crippen molar-refractivity contribution in [2.45, 2.75) is 10.4 Å². The van der Waals surface area contributed by atoms with Crippen LogP contribution < -0.4 is 10.5 Å². The van der Waals surface area contributed by atoms with Gasteiger partial charge in [-0.3, -0.25) is 0 Å². The number of nitrogen functional groups attached to an aromatic ring is 1. The summed E-state index contributed by atoms with van der Waals surface area (Å²) in [5.74, 6) is -1.77.